The van der Waals surface area contributed by atoms with Crippen molar-refractivity contribution in [2.24, 2.45) is 5.10 Å². The molecule has 17 heavy (non-hydrogen) atoms. The second kappa shape index (κ2) is 6.10. The van der Waals surface area contributed by atoms with Crippen molar-refractivity contribution in [3.05, 3.63) is 28.8 Å². The number of carbonyl (C=O) groups is 1. The van der Waals surface area contributed by atoms with E-state index in [1.165, 1.54) is 6.07 Å². The maximum Gasteiger partial charge on any atom is 0.427 e. The first-order valence-corrected chi connectivity index (χ1v) is 5.38. The number of phenols is 1. The molecule has 0 heterocycles. The number of amides is 1. The molecule has 0 radical (unpaired) electrons. The molecule has 0 saturated heterocycles. The van der Waals surface area contributed by atoms with Gasteiger partial charge in [-0.15, -0.1) is 0 Å². The number of nitrogens with zero attached hydrogens (tertiary/aromatic N) is 1. The fourth-order valence-electron chi connectivity index (χ4n) is 1.15. The molecule has 2 N–H and O–H groups in total. The molecule has 5 nitrogen and oxygen atoms in total. The highest BCUT2D eigenvalue weighted by Crippen LogP contribution is 2.21. The van der Waals surface area contributed by atoms with Gasteiger partial charge in [-0.05, 0) is 32.0 Å². The molecule has 0 fully saturated rings. The van der Waals surface area contributed by atoms with E-state index in [9.17, 15) is 9.90 Å². The minimum Gasteiger partial charge on any atom is -0.507 e. The lowest BCUT2D eigenvalue weighted by atomic mass is 10.1. The molecule has 92 valence electrons. The number of rotatable bonds is 3. The smallest absolute Gasteiger partial charge is 0.427 e. The number of hydrogen-bond acceptors (Lipinski definition) is 4. The molecule has 1 aromatic carbocycles. The molecule has 6 heteroatoms. The summed E-state index contributed by atoms with van der Waals surface area (Å²) in [5.74, 6) is 0.0429. The maximum absolute atomic E-state index is 11.0. The molecular formula is C11H13ClN2O3. The van der Waals surface area contributed by atoms with Gasteiger partial charge < -0.3 is 9.84 Å². The summed E-state index contributed by atoms with van der Waals surface area (Å²) in [5, 5.41) is 13.9. The van der Waals surface area contributed by atoms with Crippen molar-refractivity contribution in [2.75, 3.05) is 6.61 Å². The lowest BCUT2D eigenvalue weighted by Crippen LogP contribution is -2.20. The SMILES string of the molecule is CCOC(=O)N/N=C(\C)c1cc(Cl)ccc1O. The summed E-state index contributed by atoms with van der Waals surface area (Å²) in [5.41, 5.74) is 3.08. The van der Waals surface area contributed by atoms with Crippen molar-refractivity contribution < 1.29 is 14.6 Å². The van der Waals surface area contributed by atoms with E-state index in [4.69, 9.17) is 11.6 Å². The van der Waals surface area contributed by atoms with Crippen LogP contribution in [0.1, 0.15) is 19.4 Å². The molecule has 0 bridgehead atoms. The van der Waals surface area contributed by atoms with Crippen LogP contribution in [0.5, 0.6) is 5.75 Å². The first-order chi connectivity index (χ1) is 8.04. The standard InChI is InChI=1S/C11H13ClN2O3/c1-3-17-11(16)14-13-7(2)9-6-8(12)4-5-10(9)15/h4-6,15H,3H2,1-2H3,(H,14,16)/b13-7+. The third kappa shape index (κ3) is 3.96. The number of hydrazone groups is 1. The summed E-state index contributed by atoms with van der Waals surface area (Å²) < 4.78 is 4.64. The van der Waals surface area contributed by atoms with Crippen LogP contribution in [0.3, 0.4) is 0 Å². The summed E-state index contributed by atoms with van der Waals surface area (Å²) in [6.45, 7) is 3.60. The second-order valence-corrected chi connectivity index (χ2v) is 3.63. The largest absolute Gasteiger partial charge is 0.507 e. The average Bonchev–Trinajstić information content (AvgIpc) is 2.29. The number of phenolic OH excluding ortho intramolecular Hbond substituents is 1. The average molecular weight is 257 g/mol. The highest BCUT2D eigenvalue weighted by atomic mass is 35.5. The quantitative estimate of drug-likeness (QED) is 0.645. The van der Waals surface area contributed by atoms with Gasteiger partial charge in [-0.3, -0.25) is 0 Å². The van der Waals surface area contributed by atoms with Crippen molar-refractivity contribution >= 4 is 23.4 Å². The predicted octanol–water partition coefficient (Wildman–Crippen LogP) is 2.52. The van der Waals surface area contributed by atoms with Crippen molar-refractivity contribution in [2.45, 2.75) is 13.8 Å². The summed E-state index contributed by atoms with van der Waals surface area (Å²) >= 11 is 5.80. The zero-order chi connectivity index (χ0) is 12.8. The van der Waals surface area contributed by atoms with Crippen LogP contribution >= 0.6 is 11.6 Å². The minimum atomic E-state index is -0.645. The topological polar surface area (TPSA) is 70.9 Å². The van der Waals surface area contributed by atoms with E-state index in [-0.39, 0.29) is 12.4 Å². The number of nitrogens with one attached hydrogen (secondary N) is 1. The zero-order valence-corrected chi connectivity index (χ0v) is 10.3. The number of aromatic hydroxyl groups is 1. The Labute approximate surface area is 104 Å². The van der Waals surface area contributed by atoms with Gasteiger partial charge >= 0.3 is 6.09 Å². The van der Waals surface area contributed by atoms with Crippen LogP contribution in [-0.4, -0.2) is 23.5 Å². The molecule has 1 aromatic rings. The van der Waals surface area contributed by atoms with Gasteiger partial charge in [0.25, 0.3) is 0 Å². The Hall–Kier alpha value is -1.75. The molecule has 0 spiro atoms. The Morgan fingerprint density at radius 3 is 2.94 bits per heavy atom. The van der Waals surface area contributed by atoms with E-state index in [1.807, 2.05) is 0 Å². The van der Waals surface area contributed by atoms with E-state index in [0.29, 0.717) is 16.3 Å². The van der Waals surface area contributed by atoms with Crippen LogP contribution in [0.4, 0.5) is 4.79 Å². The minimum absolute atomic E-state index is 0.0429. The molecule has 0 atom stereocenters. The Kier molecular flexibility index (Phi) is 4.78. The number of carbonyl (C=O) groups excluding carboxylic acids is 1. The van der Waals surface area contributed by atoms with Crippen LogP contribution < -0.4 is 5.43 Å². The molecule has 0 aliphatic rings. The molecule has 0 aliphatic carbocycles. The van der Waals surface area contributed by atoms with Crippen LogP contribution in [0.2, 0.25) is 5.02 Å². The monoisotopic (exact) mass is 256 g/mol. The fourth-order valence-corrected chi connectivity index (χ4v) is 1.32. The van der Waals surface area contributed by atoms with Gasteiger partial charge in [-0.25, -0.2) is 10.2 Å². The highest BCUT2D eigenvalue weighted by molar-refractivity contribution is 6.31. The van der Waals surface area contributed by atoms with Crippen LogP contribution in [0, 0.1) is 0 Å². The van der Waals surface area contributed by atoms with Gasteiger partial charge in [0.2, 0.25) is 0 Å². The van der Waals surface area contributed by atoms with Crippen molar-refractivity contribution in [3.8, 4) is 5.75 Å². The first kappa shape index (κ1) is 13.3. The fraction of sp³-hybridized carbons (Fsp3) is 0.273. The summed E-state index contributed by atoms with van der Waals surface area (Å²) in [4.78, 5) is 11.0. The van der Waals surface area contributed by atoms with Crippen molar-refractivity contribution in [1.29, 1.82) is 0 Å². The van der Waals surface area contributed by atoms with E-state index in [2.05, 4.69) is 15.3 Å². The van der Waals surface area contributed by atoms with Crippen LogP contribution in [0.15, 0.2) is 23.3 Å². The lowest BCUT2D eigenvalue weighted by Gasteiger charge is -2.05. The summed E-state index contributed by atoms with van der Waals surface area (Å²) in [7, 11) is 0. The van der Waals surface area contributed by atoms with E-state index < -0.39 is 6.09 Å². The van der Waals surface area contributed by atoms with Crippen molar-refractivity contribution in [3.63, 3.8) is 0 Å². The number of hydrogen-bond donors (Lipinski definition) is 2. The van der Waals surface area contributed by atoms with Gasteiger partial charge in [-0.1, -0.05) is 11.6 Å². The maximum atomic E-state index is 11.0. The molecular weight excluding hydrogens is 244 g/mol. The first-order valence-electron chi connectivity index (χ1n) is 5.00. The molecule has 1 rings (SSSR count). The highest BCUT2D eigenvalue weighted by Gasteiger charge is 2.06. The number of ether oxygens (including phenoxy) is 1. The number of benzene rings is 1. The van der Waals surface area contributed by atoms with E-state index >= 15 is 0 Å². The van der Waals surface area contributed by atoms with Gasteiger partial charge in [0.1, 0.15) is 5.75 Å². The van der Waals surface area contributed by atoms with Crippen LogP contribution in [0.25, 0.3) is 0 Å². The molecule has 1 amide bonds. The van der Waals surface area contributed by atoms with Gasteiger partial charge in [0.15, 0.2) is 0 Å². The van der Waals surface area contributed by atoms with Crippen LogP contribution in [-0.2, 0) is 4.74 Å². The lowest BCUT2D eigenvalue weighted by molar-refractivity contribution is 0.152. The molecule has 0 unspecified atom stereocenters. The number of halogens is 1. The van der Waals surface area contributed by atoms with Gasteiger partial charge in [-0.2, -0.15) is 5.10 Å². The molecule has 0 aromatic heterocycles. The normalized spacial score (nSPS) is 11.1. The molecule has 0 saturated carbocycles. The third-order valence-electron chi connectivity index (χ3n) is 1.94. The predicted molar refractivity (Wildman–Crippen MR) is 65.5 cm³/mol. The van der Waals surface area contributed by atoms with E-state index in [1.54, 1.807) is 26.0 Å². The van der Waals surface area contributed by atoms with Gasteiger partial charge in [0, 0.05) is 10.6 Å². The summed E-state index contributed by atoms with van der Waals surface area (Å²) in [6.07, 6.45) is -0.645. The Morgan fingerprint density at radius 1 is 1.59 bits per heavy atom. The van der Waals surface area contributed by atoms with E-state index in [0.717, 1.165) is 0 Å². The summed E-state index contributed by atoms with van der Waals surface area (Å²) in [6, 6.07) is 4.58. The Balaban J connectivity index is 2.81. The second-order valence-electron chi connectivity index (χ2n) is 3.19. The van der Waals surface area contributed by atoms with Gasteiger partial charge in [0.05, 0.1) is 12.3 Å². The van der Waals surface area contributed by atoms with Crippen molar-refractivity contribution in [1.82, 2.24) is 5.43 Å². The zero-order valence-electron chi connectivity index (χ0n) is 9.53. The Bertz CT molecular complexity index is 446. The third-order valence-corrected chi connectivity index (χ3v) is 2.17. The molecule has 0 aliphatic heterocycles. The Morgan fingerprint density at radius 2 is 2.29 bits per heavy atom.